The van der Waals surface area contributed by atoms with E-state index in [1.807, 2.05) is 103 Å². The molecular weight excluding hydrogens is 772 g/mol. The van der Waals surface area contributed by atoms with Crippen LogP contribution in [0.25, 0.3) is 5.65 Å². The molecule has 0 spiro atoms. The van der Waals surface area contributed by atoms with Gasteiger partial charge in [-0.2, -0.15) is 5.10 Å². The van der Waals surface area contributed by atoms with Crippen LogP contribution in [-0.2, 0) is 26.1 Å². The molecule has 5 aromatic rings. The lowest BCUT2D eigenvalue weighted by Gasteiger charge is -2.47. The third-order valence-corrected chi connectivity index (χ3v) is 12.0. The summed E-state index contributed by atoms with van der Waals surface area (Å²) < 4.78 is 28.6. The minimum absolute atomic E-state index is 0.0300. The molecule has 0 unspecified atom stereocenters. The van der Waals surface area contributed by atoms with Gasteiger partial charge in [0.2, 0.25) is 5.91 Å². The topological polar surface area (TPSA) is 108 Å². The molecule has 0 saturated carbocycles. The highest BCUT2D eigenvalue weighted by atomic mass is 19.1. The molecule has 3 aliphatic heterocycles. The average molecular weight is 829 g/mol. The minimum atomic E-state index is -0.624. The first kappa shape index (κ1) is 42.2. The molecule has 61 heavy (non-hydrogen) atoms. The Labute approximate surface area is 358 Å². The van der Waals surface area contributed by atoms with E-state index < -0.39 is 11.0 Å². The first-order valence-corrected chi connectivity index (χ1v) is 21.3. The van der Waals surface area contributed by atoms with Crippen molar-refractivity contribution in [1.82, 2.24) is 29.3 Å². The molecule has 0 N–H and O–H groups in total. The number of hydrogen-bond donors (Lipinski definition) is 0. The van der Waals surface area contributed by atoms with Crippen LogP contribution in [0.5, 0.6) is 0 Å². The number of hydrogen-bond acceptors (Lipinski definition) is 9. The lowest BCUT2D eigenvalue weighted by molar-refractivity contribution is -0.121. The second kappa shape index (κ2) is 17.1. The quantitative estimate of drug-likeness (QED) is 0.143. The van der Waals surface area contributed by atoms with Crippen LogP contribution in [0.15, 0.2) is 96.2 Å². The Morgan fingerprint density at radius 2 is 1.62 bits per heavy atom. The molecule has 3 aromatic carbocycles. The SMILES string of the molecule is C[C@@H]1COCCN1C[C@H]1CN(C(=O)OC(C)(C)C)[C@H](C)CN1CC(=O)N1CC(C)(C)c2c1cc(Cc1ccc(F)cc1N=C(c1ccccc1)c1ccccc1)c1ncnn21. The number of nitrogens with zero attached hydrogens (tertiary/aromatic N) is 8. The number of morpholine rings is 1. The number of benzene rings is 3. The number of fused-ring (bicyclic) bond motifs is 3. The van der Waals surface area contributed by atoms with Crippen molar-refractivity contribution in [2.45, 2.75) is 84.0 Å². The number of carbonyl (C=O) groups excluding carboxylic acids is 2. The smallest absolute Gasteiger partial charge is 0.410 e. The third-order valence-electron chi connectivity index (χ3n) is 12.0. The second-order valence-electron chi connectivity index (χ2n) is 18.4. The number of carbonyl (C=O) groups is 2. The Bertz CT molecular complexity index is 2370. The van der Waals surface area contributed by atoms with Gasteiger partial charge in [0, 0.05) is 79.4 Å². The van der Waals surface area contributed by atoms with Crippen molar-refractivity contribution in [3.63, 3.8) is 0 Å². The van der Waals surface area contributed by atoms with Crippen molar-refractivity contribution in [3.8, 4) is 0 Å². The van der Waals surface area contributed by atoms with Gasteiger partial charge in [-0.15, -0.1) is 0 Å². The molecule has 8 rings (SSSR count). The van der Waals surface area contributed by atoms with E-state index in [9.17, 15) is 9.59 Å². The molecule has 2 aromatic heterocycles. The van der Waals surface area contributed by atoms with Crippen molar-refractivity contribution in [2.24, 2.45) is 4.99 Å². The Hall–Kier alpha value is -5.50. The van der Waals surface area contributed by atoms with E-state index in [4.69, 9.17) is 24.5 Å². The summed E-state index contributed by atoms with van der Waals surface area (Å²) in [5.74, 6) is -0.414. The zero-order valence-corrected chi connectivity index (χ0v) is 36.3. The largest absolute Gasteiger partial charge is 0.444 e. The lowest BCUT2D eigenvalue weighted by Crippen LogP contribution is -2.64. The van der Waals surface area contributed by atoms with Gasteiger partial charge >= 0.3 is 6.09 Å². The summed E-state index contributed by atoms with van der Waals surface area (Å²) in [4.78, 5) is 46.5. The van der Waals surface area contributed by atoms with Crippen LogP contribution in [0.2, 0.25) is 0 Å². The summed E-state index contributed by atoms with van der Waals surface area (Å²) in [6.45, 7) is 18.4. The molecule has 320 valence electrons. The normalized spacial score (nSPS) is 20.8. The zero-order valence-electron chi connectivity index (χ0n) is 36.3. The molecular formula is C48H57FN8O4. The van der Waals surface area contributed by atoms with Crippen LogP contribution in [0.4, 0.5) is 20.6 Å². The van der Waals surface area contributed by atoms with Gasteiger partial charge < -0.3 is 19.3 Å². The Morgan fingerprint density at radius 3 is 2.30 bits per heavy atom. The summed E-state index contributed by atoms with van der Waals surface area (Å²) in [5, 5.41) is 4.71. The summed E-state index contributed by atoms with van der Waals surface area (Å²) in [7, 11) is 0. The van der Waals surface area contributed by atoms with Gasteiger partial charge in [0.1, 0.15) is 17.7 Å². The molecule has 2 saturated heterocycles. The monoisotopic (exact) mass is 828 g/mol. The highest BCUT2D eigenvalue weighted by Crippen LogP contribution is 2.42. The van der Waals surface area contributed by atoms with Crippen LogP contribution in [0.3, 0.4) is 0 Å². The van der Waals surface area contributed by atoms with E-state index in [1.165, 1.54) is 12.1 Å². The molecule has 13 heteroatoms. The van der Waals surface area contributed by atoms with Crippen LogP contribution in [0, 0.1) is 5.82 Å². The number of halogens is 1. The summed E-state index contributed by atoms with van der Waals surface area (Å²) in [5.41, 5.74) is 6.03. The third kappa shape index (κ3) is 9.10. The van der Waals surface area contributed by atoms with E-state index in [0.717, 1.165) is 45.9 Å². The molecule has 2 fully saturated rings. The van der Waals surface area contributed by atoms with E-state index in [2.05, 4.69) is 36.6 Å². The fourth-order valence-corrected chi connectivity index (χ4v) is 9.00. The highest BCUT2D eigenvalue weighted by Gasteiger charge is 2.44. The second-order valence-corrected chi connectivity index (χ2v) is 18.4. The molecule has 5 heterocycles. The van der Waals surface area contributed by atoms with Crippen LogP contribution >= 0.6 is 0 Å². The maximum absolute atomic E-state index is 15.1. The maximum atomic E-state index is 15.1. The number of piperazine rings is 1. The average Bonchev–Trinajstić information content (AvgIpc) is 3.81. The summed E-state index contributed by atoms with van der Waals surface area (Å²) in [6.07, 6.45) is 1.59. The Morgan fingerprint density at radius 1 is 0.918 bits per heavy atom. The number of ether oxygens (including phenoxy) is 2. The molecule has 0 aliphatic carbocycles. The molecule has 3 aliphatic rings. The number of aromatic nitrogens is 3. The standard InChI is InChI=1S/C48H57FN8O4/c1-32-25-54(39(26-53-20-21-60-29-33(53)2)27-55(32)46(59)61-47(3,4)5)28-42(58)56-30-48(6,7)44-41(56)23-37(45-50-31-51-57(44)45)22-36-18-19-38(49)24-40(36)52-43(34-14-10-8-11-15-34)35-16-12-9-13-17-35/h8-19,23-24,31-33,39H,20-22,25-30H2,1-7H3/t32-,33-,39+/m1/s1. The van der Waals surface area contributed by atoms with Gasteiger partial charge in [-0.3, -0.25) is 14.6 Å². The fraction of sp³-hybridized carbons (Fsp3) is 0.438. The maximum Gasteiger partial charge on any atom is 0.410 e. The first-order valence-electron chi connectivity index (χ1n) is 21.3. The van der Waals surface area contributed by atoms with E-state index in [0.29, 0.717) is 57.1 Å². The predicted octanol–water partition coefficient (Wildman–Crippen LogP) is 7.28. The van der Waals surface area contributed by atoms with Crippen molar-refractivity contribution < 1.29 is 23.5 Å². The first-order chi connectivity index (χ1) is 29.1. The van der Waals surface area contributed by atoms with Gasteiger partial charge in [0.25, 0.3) is 0 Å². The van der Waals surface area contributed by atoms with Gasteiger partial charge in [0.15, 0.2) is 5.65 Å². The van der Waals surface area contributed by atoms with Gasteiger partial charge in [-0.25, -0.2) is 23.7 Å². The molecule has 0 radical (unpaired) electrons. The Balaban J connectivity index is 1.12. The lowest BCUT2D eigenvalue weighted by atomic mass is 9.90. The van der Waals surface area contributed by atoms with Crippen molar-refractivity contribution in [1.29, 1.82) is 0 Å². The van der Waals surface area contributed by atoms with Crippen molar-refractivity contribution >= 4 is 34.7 Å². The van der Waals surface area contributed by atoms with E-state index >= 15 is 4.39 Å². The van der Waals surface area contributed by atoms with Gasteiger partial charge in [0.05, 0.1) is 42.5 Å². The van der Waals surface area contributed by atoms with E-state index in [1.54, 1.807) is 12.4 Å². The molecule has 2 amide bonds. The van der Waals surface area contributed by atoms with Crippen molar-refractivity contribution in [3.05, 3.63) is 125 Å². The van der Waals surface area contributed by atoms with Gasteiger partial charge in [-0.1, -0.05) is 80.6 Å². The van der Waals surface area contributed by atoms with Crippen LogP contribution in [0.1, 0.15) is 76.4 Å². The van der Waals surface area contributed by atoms with Crippen molar-refractivity contribution in [2.75, 3.05) is 57.4 Å². The number of amides is 2. The summed E-state index contributed by atoms with van der Waals surface area (Å²) >= 11 is 0. The van der Waals surface area contributed by atoms with Crippen LogP contribution in [-0.4, -0.2) is 123 Å². The zero-order chi connectivity index (χ0) is 43.1. The number of pyridine rings is 1. The number of aliphatic imine (C=N–C) groups is 1. The highest BCUT2D eigenvalue weighted by molar-refractivity contribution is 6.14. The van der Waals surface area contributed by atoms with Gasteiger partial charge in [-0.05, 0) is 58.4 Å². The minimum Gasteiger partial charge on any atom is -0.444 e. The number of rotatable bonds is 9. The fourth-order valence-electron chi connectivity index (χ4n) is 9.00. The molecule has 12 nitrogen and oxygen atoms in total. The predicted molar refractivity (Wildman–Crippen MR) is 235 cm³/mol. The summed E-state index contributed by atoms with van der Waals surface area (Å²) in [6, 6.07) is 26.5. The van der Waals surface area contributed by atoms with Crippen LogP contribution < -0.4 is 4.90 Å². The molecule has 0 bridgehead atoms. The molecule has 3 atom stereocenters. The Kier molecular flexibility index (Phi) is 11.8. The van der Waals surface area contributed by atoms with E-state index in [-0.39, 0.29) is 42.5 Å². The number of anilines is 1.